The van der Waals surface area contributed by atoms with Crippen LogP contribution in [0.25, 0.3) is 11.5 Å². The third-order valence-corrected chi connectivity index (χ3v) is 4.10. The molecule has 0 saturated heterocycles. The molecule has 0 spiro atoms. The molecule has 0 aliphatic rings. The van der Waals surface area contributed by atoms with Crippen LogP contribution in [-0.4, -0.2) is 16.7 Å². The van der Waals surface area contributed by atoms with Gasteiger partial charge >= 0.3 is 0 Å². The third-order valence-electron chi connectivity index (χ3n) is 3.66. The maximum Gasteiger partial charge on any atom is 0.247 e. The van der Waals surface area contributed by atoms with E-state index in [4.69, 9.17) is 21.3 Å². The van der Waals surface area contributed by atoms with E-state index in [0.29, 0.717) is 16.5 Å². The Morgan fingerprint density at radius 3 is 2.50 bits per heavy atom. The molecule has 1 heterocycles. The summed E-state index contributed by atoms with van der Waals surface area (Å²) in [7, 11) is 0. The van der Waals surface area contributed by atoms with Gasteiger partial charge in [-0.25, -0.2) is 0 Å². The molecule has 0 radical (unpaired) electrons. The number of halogens is 1. The molecule has 134 valence electrons. The summed E-state index contributed by atoms with van der Waals surface area (Å²) in [6.07, 6.45) is 3.23. The third kappa shape index (κ3) is 5.08. The lowest BCUT2D eigenvalue weighted by Crippen LogP contribution is -2.03. The van der Waals surface area contributed by atoms with Gasteiger partial charge in [0.25, 0.3) is 0 Å². The highest BCUT2D eigenvalue weighted by Crippen LogP contribution is 2.28. The molecule has 1 N–H and O–H groups in total. The van der Waals surface area contributed by atoms with Crippen LogP contribution in [0.4, 0.5) is 5.69 Å². The van der Waals surface area contributed by atoms with Crippen molar-refractivity contribution < 1.29 is 4.42 Å². The molecule has 6 heteroatoms. The molecule has 0 unspecified atom stereocenters. The zero-order chi connectivity index (χ0) is 18.8. The molecule has 0 atom stereocenters. The Kier molecular flexibility index (Phi) is 7.66. The van der Waals surface area contributed by atoms with Crippen LogP contribution in [0.5, 0.6) is 0 Å². The lowest BCUT2D eigenvalue weighted by atomic mass is 10.1. The van der Waals surface area contributed by atoms with Crippen molar-refractivity contribution in [3.63, 3.8) is 0 Å². The number of nitriles is 1. The summed E-state index contributed by atoms with van der Waals surface area (Å²) in [5, 5.41) is 20.1. The van der Waals surface area contributed by atoms with Crippen LogP contribution >= 0.6 is 11.6 Å². The van der Waals surface area contributed by atoms with Crippen LogP contribution in [0.15, 0.2) is 53.3 Å². The van der Waals surface area contributed by atoms with Crippen LogP contribution in [0.3, 0.4) is 0 Å². The number of nitrogens with zero attached hydrogens (tertiary/aromatic N) is 3. The normalized spacial score (nSPS) is 9.77. The van der Waals surface area contributed by atoms with Crippen molar-refractivity contribution in [3.05, 3.63) is 65.0 Å². The minimum Gasteiger partial charge on any atom is -0.423 e. The number of anilines is 1. The van der Waals surface area contributed by atoms with Gasteiger partial charge in [-0.05, 0) is 42.7 Å². The molecule has 1 aromatic heterocycles. The van der Waals surface area contributed by atoms with Gasteiger partial charge in [0.1, 0.15) is 6.07 Å². The fourth-order valence-corrected chi connectivity index (χ4v) is 2.70. The number of benzene rings is 2. The molecule has 0 fully saturated rings. The largest absolute Gasteiger partial charge is 0.423 e. The molecule has 0 bridgehead atoms. The van der Waals surface area contributed by atoms with Crippen molar-refractivity contribution in [3.8, 4) is 17.5 Å². The van der Waals surface area contributed by atoms with Gasteiger partial charge in [-0.3, -0.25) is 0 Å². The second-order valence-electron chi connectivity index (χ2n) is 5.46. The first kappa shape index (κ1) is 19.5. The molecule has 0 aliphatic heterocycles. The fraction of sp³-hybridized carbons (Fsp3) is 0.250. The van der Waals surface area contributed by atoms with Crippen LogP contribution in [0, 0.1) is 11.3 Å². The van der Waals surface area contributed by atoms with Crippen LogP contribution in [-0.2, 0) is 6.42 Å². The average molecular weight is 369 g/mol. The number of hydrogen-bond acceptors (Lipinski definition) is 5. The summed E-state index contributed by atoms with van der Waals surface area (Å²) in [5.41, 5.74) is 3.58. The zero-order valence-electron chi connectivity index (χ0n) is 14.9. The highest BCUT2D eigenvalue weighted by Gasteiger charge is 2.09. The van der Waals surface area contributed by atoms with Crippen LogP contribution in [0.2, 0.25) is 5.02 Å². The van der Waals surface area contributed by atoms with Crippen molar-refractivity contribution in [2.75, 3.05) is 11.9 Å². The second-order valence-corrected chi connectivity index (χ2v) is 5.83. The molecule has 3 rings (SSSR count). The SMILES string of the molecule is CCCNc1ccc(C#N)c(Cl)c1CC.c1ccc(-c2nnco2)cc1. The highest BCUT2D eigenvalue weighted by atomic mass is 35.5. The topological polar surface area (TPSA) is 74.7 Å². The molecule has 0 aliphatic carbocycles. The van der Waals surface area contributed by atoms with Gasteiger partial charge in [0.05, 0.1) is 10.6 Å². The van der Waals surface area contributed by atoms with Gasteiger partial charge in [0.2, 0.25) is 12.3 Å². The maximum absolute atomic E-state index is 8.85. The first-order valence-electron chi connectivity index (χ1n) is 8.48. The van der Waals surface area contributed by atoms with E-state index < -0.39 is 0 Å². The number of hydrogen-bond donors (Lipinski definition) is 1. The number of rotatable bonds is 5. The molecule has 0 saturated carbocycles. The summed E-state index contributed by atoms with van der Waals surface area (Å²) < 4.78 is 5.00. The van der Waals surface area contributed by atoms with E-state index in [2.05, 4.69) is 28.5 Å². The maximum atomic E-state index is 8.85. The summed E-state index contributed by atoms with van der Waals surface area (Å²) in [6.45, 7) is 5.08. The van der Waals surface area contributed by atoms with Crippen LogP contribution in [0.1, 0.15) is 31.4 Å². The van der Waals surface area contributed by atoms with E-state index in [1.165, 1.54) is 6.39 Å². The van der Waals surface area contributed by atoms with Gasteiger partial charge < -0.3 is 9.73 Å². The monoisotopic (exact) mass is 368 g/mol. The van der Waals surface area contributed by atoms with Gasteiger partial charge in [-0.2, -0.15) is 5.26 Å². The summed E-state index contributed by atoms with van der Waals surface area (Å²) >= 11 is 6.13. The van der Waals surface area contributed by atoms with Crippen molar-refractivity contribution >= 4 is 17.3 Å². The zero-order valence-corrected chi connectivity index (χ0v) is 15.6. The lowest BCUT2D eigenvalue weighted by molar-refractivity contribution is 0.568. The Labute approximate surface area is 158 Å². The first-order chi connectivity index (χ1) is 12.7. The van der Waals surface area contributed by atoms with Crippen LogP contribution < -0.4 is 5.32 Å². The predicted molar refractivity (Wildman–Crippen MR) is 104 cm³/mol. The first-order valence-corrected chi connectivity index (χ1v) is 8.85. The molecular weight excluding hydrogens is 348 g/mol. The van der Waals surface area contributed by atoms with E-state index in [9.17, 15) is 0 Å². The van der Waals surface area contributed by atoms with Crippen molar-refractivity contribution in [1.29, 1.82) is 5.26 Å². The van der Waals surface area contributed by atoms with E-state index in [1.54, 1.807) is 6.07 Å². The standard InChI is InChI=1S/C12H15ClN2.C8H6N2O/c1-3-7-15-11-6-5-9(8-14)12(13)10(11)4-2;1-2-4-7(5-3-1)8-10-9-6-11-8/h5-6,15H,3-4,7H2,1-2H3;1-6H. The quantitative estimate of drug-likeness (QED) is 0.658. The number of nitrogens with one attached hydrogen (secondary N) is 1. The van der Waals surface area contributed by atoms with Crippen molar-refractivity contribution in [1.82, 2.24) is 10.2 Å². The van der Waals surface area contributed by atoms with Gasteiger partial charge in [0, 0.05) is 17.8 Å². The van der Waals surface area contributed by atoms with E-state index in [-0.39, 0.29) is 0 Å². The molecule has 3 aromatic rings. The molecule has 26 heavy (non-hydrogen) atoms. The van der Waals surface area contributed by atoms with Crippen molar-refractivity contribution in [2.24, 2.45) is 0 Å². The number of aromatic nitrogens is 2. The average Bonchev–Trinajstić information content (AvgIpc) is 3.22. The Morgan fingerprint density at radius 2 is 1.92 bits per heavy atom. The Balaban J connectivity index is 0.000000195. The lowest BCUT2D eigenvalue weighted by Gasteiger charge is -2.12. The minimum absolute atomic E-state index is 0.551. The smallest absolute Gasteiger partial charge is 0.247 e. The molecule has 2 aromatic carbocycles. The predicted octanol–water partition coefficient (Wildman–Crippen LogP) is 5.33. The van der Waals surface area contributed by atoms with E-state index in [1.807, 2.05) is 43.3 Å². The van der Waals surface area contributed by atoms with E-state index in [0.717, 1.165) is 36.2 Å². The second kappa shape index (κ2) is 10.2. The highest BCUT2D eigenvalue weighted by molar-refractivity contribution is 6.32. The Bertz CT molecular complexity index is 842. The minimum atomic E-state index is 0.551. The van der Waals surface area contributed by atoms with E-state index >= 15 is 0 Å². The Morgan fingerprint density at radius 1 is 1.15 bits per heavy atom. The van der Waals surface area contributed by atoms with Crippen molar-refractivity contribution in [2.45, 2.75) is 26.7 Å². The summed E-state index contributed by atoms with van der Waals surface area (Å²) in [4.78, 5) is 0. The summed E-state index contributed by atoms with van der Waals surface area (Å²) in [5.74, 6) is 0.561. The van der Waals surface area contributed by atoms with Gasteiger partial charge in [-0.1, -0.05) is 43.6 Å². The molecule has 5 nitrogen and oxygen atoms in total. The van der Waals surface area contributed by atoms with Gasteiger partial charge in [0.15, 0.2) is 0 Å². The van der Waals surface area contributed by atoms with Gasteiger partial charge in [-0.15, -0.1) is 10.2 Å². The molecular formula is C20H21ClN4O. The molecule has 0 amide bonds. The Hall–Kier alpha value is -2.84. The fourth-order valence-electron chi connectivity index (χ4n) is 2.36. The summed E-state index contributed by atoms with van der Waals surface area (Å²) in [6, 6.07) is 15.4.